The number of Topliss-reactive ketones (excluding diaryl/α,β-unsaturated/α-hetero) is 1. The van der Waals surface area contributed by atoms with E-state index in [0.717, 1.165) is 43.3 Å². The Morgan fingerprint density at radius 3 is 2.49 bits per heavy atom. The minimum absolute atomic E-state index is 0.0570. The summed E-state index contributed by atoms with van der Waals surface area (Å²) in [5, 5.41) is 21.7. The number of rotatable bonds is 5. The van der Waals surface area contributed by atoms with Crippen LogP contribution >= 0.6 is 0 Å². The third-order valence-electron chi connectivity index (χ3n) is 13.4. The normalized spacial score (nSPS) is 47.7. The Labute approximate surface area is 315 Å². The summed E-state index contributed by atoms with van der Waals surface area (Å²) in [6.07, 6.45) is 4.89. The topological polar surface area (TPSA) is 157 Å². The van der Waals surface area contributed by atoms with Crippen molar-refractivity contribution in [2.45, 2.75) is 194 Å². The van der Waals surface area contributed by atoms with E-state index in [0.29, 0.717) is 51.4 Å². The molecule has 7 saturated heterocycles. The average molecular weight is 748 g/mol. The third-order valence-corrected chi connectivity index (χ3v) is 13.4. The first kappa shape index (κ1) is 39.9. The third kappa shape index (κ3) is 8.83. The summed E-state index contributed by atoms with van der Waals surface area (Å²) in [6, 6.07) is 0. The van der Waals surface area contributed by atoms with Crippen molar-refractivity contribution >= 4 is 5.78 Å². The van der Waals surface area contributed by atoms with E-state index >= 15 is 0 Å². The van der Waals surface area contributed by atoms with Crippen molar-refractivity contribution in [1.29, 1.82) is 0 Å². The van der Waals surface area contributed by atoms with Crippen molar-refractivity contribution in [3.8, 4) is 0 Å². The molecular weight excluding hydrogens is 682 g/mol. The van der Waals surface area contributed by atoms with Crippen molar-refractivity contribution < 1.29 is 52.9 Å². The molecule has 8 bridgehead atoms. The summed E-state index contributed by atoms with van der Waals surface area (Å²) in [5.74, 6) is -0.773. The van der Waals surface area contributed by atoms with E-state index in [4.69, 9.17) is 43.6 Å². The first-order valence-electron chi connectivity index (χ1n) is 20.4. The van der Waals surface area contributed by atoms with Crippen LogP contribution in [0.25, 0.3) is 0 Å². The first-order chi connectivity index (χ1) is 25.5. The molecule has 0 aromatic carbocycles. The quantitative estimate of drug-likeness (QED) is 0.347. The lowest BCUT2D eigenvalue weighted by molar-refractivity contribution is -0.277. The Hall–Kier alpha value is -1.29. The van der Waals surface area contributed by atoms with Gasteiger partial charge in [-0.05, 0) is 62.9 Å². The lowest BCUT2D eigenvalue weighted by atomic mass is 9.81. The SMILES string of the molecule is C=C1CCCC2CC(C)C(=C)C(CC3OC(CC(O)CN)C(OC)C3CC(=O)CC3CCC4OC5CC(OC6(CCC(O)C1)CC(OC)C5O6)C4O3)O2. The Balaban J connectivity index is 1.13. The number of hydrogen-bond donors (Lipinski definition) is 3. The predicted octanol–water partition coefficient (Wildman–Crippen LogP) is 4.06. The second-order valence-corrected chi connectivity index (χ2v) is 17.3. The molecule has 7 heterocycles. The number of carbonyl (C=O) groups is 1. The lowest BCUT2D eigenvalue weighted by Crippen LogP contribution is -2.58. The molecule has 0 amide bonds. The fraction of sp³-hybridized carbons (Fsp3) is 0.878. The molecule has 17 unspecified atom stereocenters. The highest BCUT2D eigenvalue weighted by Gasteiger charge is 2.60. The van der Waals surface area contributed by atoms with Gasteiger partial charge in [-0.15, -0.1) is 0 Å². The molecule has 0 aliphatic carbocycles. The van der Waals surface area contributed by atoms with Gasteiger partial charge in [0, 0.05) is 71.6 Å². The maximum atomic E-state index is 14.0. The van der Waals surface area contributed by atoms with Gasteiger partial charge in [-0.2, -0.15) is 0 Å². The zero-order chi connectivity index (χ0) is 37.4. The minimum atomic E-state index is -0.914. The van der Waals surface area contributed by atoms with Gasteiger partial charge < -0.3 is 53.8 Å². The van der Waals surface area contributed by atoms with Gasteiger partial charge >= 0.3 is 0 Å². The van der Waals surface area contributed by atoms with Gasteiger partial charge in [-0.25, -0.2) is 0 Å². The fourth-order valence-electron chi connectivity index (χ4n) is 10.6. The van der Waals surface area contributed by atoms with Gasteiger partial charge in [0.2, 0.25) is 0 Å². The summed E-state index contributed by atoms with van der Waals surface area (Å²) in [7, 11) is 3.36. The van der Waals surface area contributed by atoms with E-state index in [-0.39, 0.29) is 104 Å². The maximum absolute atomic E-state index is 14.0. The van der Waals surface area contributed by atoms with E-state index in [1.807, 2.05) is 0 Å². The van der Waals surface area contributed by atoms with E-state index in [1.165, 1.54) is 0 Å². The summed E-state index contributed by atoms with van der Waals surface area (Å²) in [4.78, 5) is 14.0. The molecule has 7 aliphatic rings. The van der Waals surface area contributed by atoms with Crippen LogP contribution in [0.3, 0.4) is 0 Å². The smallest absolute Gasteiger partial charge is 0.172 e. The van der Waals surface area contributed by atoms with Crippen molar-refractivity contribution in [3.05, 3.63) is 24.3 Å². The van der Waals surface area contributed by atoms with E-state index in [1.54, 1.807) is 14.2 Å². The van der Waals surface area contributed by atoms with Gasteiger partial charge in [0.05, 0.1) is 73.2 Å². The second kappa shape index (κ2) is 17.1. The van der Waals surface area contributed by atoms with Crippen LogP contribution in [-0.2, 0) is 42.7 Å². The molecule has 17 atom stereocenters. The predicted molar refractivity (Wildman–Crippen MR) is 195 cm³/mol. The van der Waals surface area contributed by atoms with Crippen LogP contribution in [0.4, 0.5) is 0 Å². The van der Waals surface area contributed by atoms with Gasteiger partial charge in [-0.1, -0.05) is 25.7 Å². The Kier molecular flexibility index (Phi) is 12.8. The number of carbonyl (C=O) groups excluding carboxylic acids is 1. The molecule has 7 rings (SSSR count). The van der Waals surface area contributed by atoms with Crippen molar-refractivity contribution in [3.63, 3.8) is 0 Å². The van der Waals surface area contributed by atoms with Crippen LogP contribution in [0.2, 0.25) is 0 Å². The van der Waals surface area contributed by atoms with Gasteiger partial charge in [0.1, 0.15) is 18.0 Å². The molecule has 12 nitrogen and oxygen atoms in total. The highest BCUT2D eigenvalue weighted by atomic mass is 16.7. The Morgan fingerprint density at radius 1 is 0.887 bits per heavy atom. The molecule has 0 aromatic heterocycles. The number of aliphatic hydroxyl groups is 2. The Morgan fingerprint density at radius 2 is 1.72 bits per heavy atom. The van der Waals surface area contributed by atoms with Crippen LogP contribution < -0.4 is 5.73 Å². The van der Waals surface area contributed by atoms with E-state index in [2.05, 4.69) is 20.1 Å². The average Bonchev–Trinajstić information content (AvgIpc) is 3.61. The molecule has 4 N–H and O–H groups in total. The monoisotopic (exact) mass is 747 g/mol. The first-order valence-corrected chi connectivity index (χ1v) is 20.4. The number of ketones is 1. The zero-order valence-electron chi connectivity index (χ0n) is 32.1. The van der Waals surface area contributed by atoms with Crippen LogP contribution in [0.5, 0.6) is 0 Å². The van der Waals surface area contributed by atoms with Crippen LogP contribution in [0.15, 0.2) is 24.3 Å². The van der Waals surface area contributed by atoms with E-state index < -0.39 is 24.1 Å². The van der Waals surface area contributed by atoms with Crippen molar-refractivity contribution in [2.24, 2.45) is 17.6 Å². The zero-order valence-corrected chi connectivity index (χ0v) is 32.1. The van der Waals surface area contributed by atoms with Crippen LogP contribution in [0, 0.1) is 11.8 Å². The van der Waals surface area contributed by atoms with Crippen molar-refractivity contribution in [1.82, 2.24) is 0 Å². The molecule has 0 saturated carbocycles. The molecule has 12 heteroatoms. The molecule has 7 fully saturated rings. The van der Waals surface area contributed by atoms with Crippen LogP contribution in [0.1, 0.15) is 103 Å². The number of hydrogen-bond acceptors (Lipinski definition) is 12. The second-order valence-electron chi connectivity index (χ2n) is 17.3. The number of methoxy groups -OCH3 is 2. The van der Waals surface area contributed by atoms with Gasteiger partial charge in [0.25, 0.3) is 0 Å². The maximum Gasteiger partial charge on any atom is 0.172 e. The minimum Gasteiger partial charge on any atom is -0.393 e. The number of ether oxygens (including phenoxy) is 8. The molecule has 7 aliphatic heterocycles. The highest BCUT2D eigenvalue weighted by molar-refractivity contribution is 5.79. The van der Waals surface area contributed by atoms with Crippen LogP contribution in [-0.4, -0.2) is 128 Å². The van der Waals surface area contributed by atoms with Gasteiger partial charge in [0.15, 0.2) is 5.79 Å². The Bertz CT molecular complexity index is 1300. The summed E-state index contributed by atoms with van der Waals surface area (Å²) in [5.41, 5.74) is 7.88. The highest BCUT2D eigenvalue weighted by Crippen LogP contribution is 2.49. The molecule has 0 aromatic rings. The fourth-order valence-corrected chi connectivity index (χ4v) is 10.6. The number of fused-ring (bicyclic) bond motifs is 7. The van der Waals surface area contributed by atoms with Gasteiger partial charge in [-0.3, -0.25) is 4.79 Å². The number of aliphatic hydroxyl groups excluding tert-OH is 2. The summed E-state index contributed by atoms with van der Waals surface area (Å²) >= 11 is 0. The lowest BCUT2D eigenvalue weighted by Gasteiger charge is -2.47. The molecule has 300 valence electrons. The largest absolute Gasteiger partial charge is 0.393 e. The summed E-state index contributed by atoms with van der Waals surface area (Å²) in [6.45, 7) is 11.1. The number of nitrogens with two attached hydrogens (primary N) is 1. The molecule has 53 heavy (non-hydrogen) atoms. The van der Waals surface area contributed by atoms with Crippen molar-refractivity contribution in [2.75, 3.05) is 20.8 Å². The molecular formula is C41H65NO11. The summed E-state index contributed by atoms with van der Waals surface area (Å²) < 4.78 is 52.4. The molecule has 1 spiro atoms. The standard InChI is InChI=1S/C41H65NO11/c1-22-7-6-8-28-14-23(2)24(3)32(48-28)18-33-30(38(47-5)34(51-33)17-27(45)21-42)16-26(44)15-29-9-10-31-39(49-29)36-19-35(50-31)40-37(46-4)20-41(52-36,53-40)12-11-25(43)13-22/h23,25,27-40,43,45H,1,3,6-21,42H2,2,4-5H3. The van der Waals surface area contributed by atoms with E-state index in [9.17, 15) is 15.0 Å². The molecule has 0 radical (unpaired) electrons.